The van der Waals surface area contributed by atoms with Crippen LogP contribution in [0.15, 0.2) is 97.1 Å². The third-order valence-electron chi connectivity index (χ3n) is 8.55. The largest absolute Gasteiger partial charge is 0.344 e. The van der Waals surface area contributed by atoms with E-state index in [0.717, 1.165) is 60.7 Å². The standard InChI is InChI=1S/C37H44N4O4S/c1-2-3-21-38-27-29-17-15-28(16-18-29)24-34(37(43)40-22-9-10-23-40)39-36(42)26-35(31-12-5-4-6-13-31)41(46(44)45)33-20-19-30-11-7-8-14-32(30)25-33/h4-8,11-20,25,34-35,38H,2-3,9-10,21-24,26-27H2,1H3,(H,39,42)(H,44,45). The molecule has 0 aliphatic carbocycles. The molecule has 8 nitrogen and oxygen atoms in total. The molecule has 0 spiro atoms. The summed E-state index contributed by atoms with van der Waals surface area (Å²) in [5.41, 5.74) is 3.38. The second-order valence-corrected chi connectivity index (χ2v) is 12.8. The third kappa shape index (κ3) is 8.81. The number of likely N-dealkylation sites (tertiary alicyclic amines) is 1. The second-order valence-electron chi connectivity index (χ2n) is 11.9. The molecule has 1 fully saturated rings. The van der Waals surface area contributed by atoms with Crippen molar-refractivity contribution in [3.63, 3.8) is 0 Å². The zero-order chi connectivity index (χ0) is 32.3. The van der Waals surface area contributed by atoms with E-state index in [1.54, 1.807) is 6.07 Å². The van der Waals surface area contributed by atoms with Crippen molar-refractivity contribution in [3.8, 4) is 0 Å². The molecule has 3 N–H and O–H groups in total. The fourth-order valence-corrected chi connectivity index (χ4v) is 6.76. The number of unbranched alkanes of at least 4 members (excludes halogenated alkanes) is 1. The number of benzene rings is 4. The van der Waals surface area contributed by atoms with Gasteiger partial charge < -0.3 is 15.5 Å². The molecular formula is C37H44N4O4S. The van der Waals surface area contributed by atoms with Crippen LogP contribution in [0, 0.1) is 0 Å². The van der Waals surface area contributed by atoms with Crippen molar-refractivity contribution in [3.05, 3.63) is 114 Å². The van der Waals surface area contributed by atoms with Gasteiger partial charge in [0.15, 0.2) is 0 Å². The average molecular weight is 641 g/mol. The lowest BCUT2D eigenvalue weighted by atomic mass is 10.0. The number of rotatable bonds is 15. The number of carbonyl (C=O) groups is 2. The maximum absolute atomic E-state index is 13.8. The van der Waals surface area contributed by atoms with Gasteiger partial charge in [-0.2, -0.15) is 0 Å². The minimum atomic E-state index is -2.43. The number of amides is 2. The van der Waals surface area contributed by atoms with E-state index >= 15 is 0 Å². The molecule has 1 aliphatic rings. The Kier molecular flexibility index (Phi) is 11.9. The first-order chi connectivity index (χ1) is 22.4. The number of nitrogens with one attached hydrogen (secondary N) is 2. The Labute approximate surface area is 274 Å². The van der Waals surface area contributed by atoms with Gasteiger partial charge in [-0.25, -0.2) is 4.21 Å². The van der Waals surface area contributed by atoms with E-state index in [1.807, 2.05) is 83.8 Å². The molecule has 1 heterocycles. The fraction of sp³-hybridized carbons (Fsp3) is 0.351. The van der Waals surface area contributed by atoms with Crippen LogP contribution in [0.1, 0.15) is 61.8 Å². The normalized spacial score (nSPS) is 15.0. The van der Waals surface area contributed by atoms with Crippen LogP contribution in [-0.4, -0.2) is 51.2 Å². The van der Waals surface area contributed by atoms with Gasteiger partial charge in [0.2, 0.25) is 11.8 Å². The lowest BCUT2D eigenvalue weighted by Gasteiger charge is -2.31. The van der Waals surface area contributed by atoms with Crippen LogP contribution in [0.5, 0.6) is 0 Å². The first-order valence-electron chi connectivity index (χ1n) is 16.2. The lowest BCUT2D eigenvalue weighted by molar-refractivity contribution is -0.135. The number of anilines is 1. The third-order valence-corrected chi connectivity index (χ3v) is 9.35. The SMILES string of the molecule is CCCCNCc1ccc(CC(NC(=O)CC(c2ccccc2)N(c2ccc3ccccc3c2)S(=O)O)C(=O)N2CCCC2)cc1. The van der Waals surface area contributed by atoms with E-state index < -0.39 is 23.4 Å². The summed E-state index contributed by atoms with van der Waals surface area (Å²) >= 11 is -2.43. The van der Waals surface area contributed by atoms with Gasteiger partial charge in [0.1, 0.15) is 6.04 Å². The molecule has 0 saturated carbocycles. The summed E-state index contributed by atoms with van der Waals surface area (Å²) in [6.07, 6.45) is 4.43. The number of nitrogens with zero attached hydrogens (tertiary/aromatic N) is 2. The minimum absolute atomic E-state index is 0.0930. The topological polar surface area (TPSA) is 102 Å². The molecule has 4 aromatic carbocycles. The number of fused-ring (bicyclic) bond motifs is 1. The van der Waals surface area contributed by atoms with Gasteiger partial charge in [-0.1, -0.05) is 98.3 Å². The summed E-state index contributed by atoms with van der Waals surface area (Å²) in [6, 6.07) is 29.3. The van der Waals surface area contributed by atoms with Crippen molar-refractivity contribution in [1.82, 2.24) is 15.5 Å². The first kappa shape index (κ1) is 33.3. The fourth-order valence-electron chi connectivity index (χ4n) is 6.05. The molecule has 0 radical (unpaired) electrons. The highest BCUT2D eigenvalue weighted by molar-refractivity contribution is 7.80. The molecular weight excluding hydrogens is 596 g/mol. The van der Waals surface area contributed by atoms with Gasteiger partial charge in [0.25, 0.3) is 11.3 Å². The first-order valence-corrected chi connectivity index (χ1v) is 17.3. The number of hydrogen-bond acceptors (Lipinski definition) is 4. The molecule has 2 amide bonds. The van der Waals surface area contributed by atoms with Gasteiger partial charge in [-0.3, -0.25) is 18.4 Å². The molecule has 0 aromatic heterocycles. The number of carbonyl (C=O) groups excluding carboxylic acids is 2. The number of hydrogen-bond donors (Lipinski definition) is 3. The van der Waals surface area contributed by atoms with Crippen LogP contribution in [0.4, 0.5) is 5.69 Å². The van der Waals surface area contributed by atoms with E-state index in [2.05, 4.69) is 29.7 Å². The summed E-state index contributed by atoms with van der Waals surface area (Å²) in [7, 11) is 0. The highest BCUT2D eigenvalue weighted by Crippen LogP contribution is 2.33. The maximum Gasteiger partial charge on any atom is 0.262 e. The molecule has 9 heteroatoms. The van der Waals surface area contributed by atoms with E-state index in [1.165, 1.54) is 9.87 Å². The zero-order valence-electron chi connectivity index (χ0n) is 26.4. The Morgan fingerprint density at radius 3 is 2.26 bits per heavy atom. The van der Waals surface area contributed by atoms with Gasteiger partial charge in [0.05, 0.1) is 18.2 Å². The highest BCUT2D eigenvalue weighted by Gasteiger charge is 2.32. The van der Waals surface area contributed by atoms with Crippen molar-refractivity contribution >= 4 is 39.5 Å². The van der Waals surface area contributed by atoms with Crippen molar-refractivity contribution in [2.24, 2.45) is 0 Å². The van der Waals surface area contributed by atoms with E-state index in [-0.39, 0.29) is 18.2 Å². The Morgan fingerprint density at radius 1 is 0.891 bits per heavy atom. The van der Waals surface area contributed by atoms with Gasteiger partial charge in [0, 0.05) is 26.1 Å². The van der Waals surface area contributed by atoms with Crippen LogP contribution in [0.25, 0.3) is 10.8 Å². The zero-order valence-corrected chi connectivity index (χ0v) is 27.3. The molecule has 242 valence electrons. The molecule has 0 bridgehead atoms. The van der Waals surface area contributed by atoms with E-state index in [4.69, 9.17) is 0 Å². The predicted octanol–water partition coefficient (Wildman–Crippen LogP) is 6.15. The monoisotopic (exact) mass is 640 g/mol. The molecule has 4 aromatic rings. The molecule has 1 aliphatic heterocycles. The Hall–Kier alpha value is -4.05. The molecule has 3 atom stereocenters. The van der Waals surface area contributed by atoms with Crippen molar-refractivity contribution in [1.29, 1.82) is 0 Å². The smallest absolute Gasteiger partial charge is 0.262 e. The van der Waals surface area contributed by atoms with Crippen LogP contribution < -0.4 is 14.9 Å². The lowest BCUT2D eigenvalue weighted by Crippen LogP contribution is -2.49. The van der Waals surface area contributed by atoms with Crippen molar-refractivity contribution < 1.29 is 18.4 Å². The molecule has 3 unspecified atom stereocenters. The Bertz CT molecular complexity index is 1610. The molecule has 5 rings (SSSR count). The minimum Gasteiger partial charge on any atom is -0.344 e. The Morgan fingerprint density at radius 2 is 1.57 bits per heavy atom. The van der Waals surface area contributed by atoms with Gasteiger partial charge >= 0.3 is 0 Å². The molecule has 46 heavy (non-hydrogen) atoms. The highest BCUT2D eigenvalue weighted by atomic mass is 32.2. The summed E-state index contributed by atoms with van der Waals surface area (Å²) in [6.45, 7) is 5.29. The summed E-state index contributed by atoms with van der Waals surface area (Å²) in [5.74, 6) is -0.455. The van der Waals surface area contributed by atoms with Crippen LogP contribution in [0.2, 0.25) is 0 Å². The quantitative estimate of drug-likeness (QED) is 0.107. The van der Waals surface area contributed by atoms with Crippen LogP contribution in [-0.2, 0) is 33.8 Å². The predicted molar refractivity (Wildman–Crippen MR) is 186 cm³/mol. The Balaban J connectivity index is 1.37. The van der Waals surface area contributed by atoms with Crippen molar-refractivity contribution in [2.45, 2.75) is 64.1 Å². The summed E-state index contributed by atoms with van der Waals surface area (Å²) in [5, 5.41) is 8.41. The van der Waals surface area contributed by atoms with Gasteiger partial charge in [-0.15, -0.1) is 0 Å². The van der Waals surface area contributed by atoms with E-state index in [0.29, 0.717) is 25.2 Å². The maximum atomic E-state index is 13.8. The van der Waals surface area contributed by atoms with Gasteiger partial charge in [-0.05, 0) is 65.4 Å². The van der Waals surface area contributed by atoms with Crippen LogP contribution in [0.3, 0.4) is 0 Å². The summed E-state index contributed by atoms with van der Waals surface area (Å²) < 4.78 is 24.9. The van der Waals surface area contributed by atoms with E-state index in [9.17, 15) is 18.4 Å². The molecule has 1 saturated heterocycles. The summed E-state index contributed by atoms with van der Waals surface area (Å²) in [4.78, 5) is 29.4. The second kappa shape index (κ2) is 16.5. The average Bonchev–Trinajstić information content (AvgIpc) is 3.62. The van der Waals surface area contributed by atoms with Crippen molar-refractivity contribution in [2.75, 3.05) is 23.9 Å². The van der Waals surface area contributed by atoms with Crippen LogP contribution >= 0.6 is 0 Å².